The van der Waals surface area contributed by atoms with Gasteiger partial charge in [0.25, 0.3) is 5.91 Å². The highest BCUT2D eigenvalue weighted by Gasteiger charge is 2.68. The lowest BCUT2D eigenvalue weighted by atomic mass is 9.71. The molecule has 6 heteroatoms. The lowest BCUT2D eigenvalue weighted by Crippen LogP contribution is -2.55. The van der Waals surface area contributed by atoms with Gasteiger partial charge in [-0.3, -0.25) is 14.7 Å². The molecular weight excluding hydrogens is 376 g/mol. The largest absolute Gasteiger partial charge is 0.326 e. The predicted molar refractivity (Wildman–Crippen MR) is 112 cm³/mol. The third kappa shape index (κ3) is 2.83. The maximum atomic E-state index is 13.5. The molecule has 0 radical (unpaired) electrons. The van der Waals surface area contributed by atoms with Crippen LogP contribution in [0.15, 0.2) is 24.5 Å². The first kappa shape index (κ1) is 18.8. The van der Waals surface area contributed by atoms with Crippen molar-refractivity contribution < 1.29 is 9.59 Å². The van der Waals surface area contributed by atoms with Crippen molar-refractivity contribution in [2.45, 2.75) is 56.9 Å². The molecule has 6 nitrogen and oxygen atoms in total. The lowest BCUT2D eigenvalue weighted by molar-refractivity contribution is -0.135. The third-order valence-electron chi connectivity index (χ3n) is 9.02. The van der Waals surface area contributed by atoms with E-state index in [4.69, 9.17) is 0 Å². The molecule has 2 saturated heterocycles. The van der Waals surface area contributed by atoms with Crippen LogP contribution in [-0.4, -0.2) is 52.0 Å². The Morgan fingerprint density at radius 2 is 1.97 bits per heavy atom. The van der Waals surface area contributed by atoms with E-state index in [9.17, 15) is 9.59 Å². The van der Waals surface area contributed by atoms with Crippen molar-refractivity contribution in [2.75, 3.05) is 19.8 Å². The van der Waals surface area contributed by atoms with Crippen molar-refractivity contribution in [3.05, 3.63) is 30.1 Å². The number of imide groups is 1. The van der Waals surface area contributed by atoms with Gasteiger partial charge < -0.3 is 5.32 Å². The third-order valence-corrected chi connectivity index (χ3v) is 9.02. The molecule has 3 amide bonds. The Balaban J connectivity index is 1.08. The van der Waals surface area contributed by atoms with Crippen LogP contribution >= 0.6 is 0 Å². The lowest BCUT2D eigenvalue weighted by Gasteiger charge is -2.38. The van der Waals surface area contributed by atoms with Gasteiger partial charge in [0.15, 0.2) is 0 Å². The van der Waals surface area contributed by atoms with E-state index in [-0.39, 0.29) is 11.9 Å². The Hall–Kier alpha value is -1.95. The molecule has 6 rings (SSSR count). The van der Waals surface area contributed by atoms with Crippen LogP contribution in [0.5, 0.6) is 0 Å². The van der Waals surface area contributed by atoms with E-state index in [1.54, 1.807) is 0 Å². The second-order valence-electron chi connectivity index (χ2n) is 10.5. The molecule has 5 unspecified atom stereocenters. The Kier molecular flexibility index (Phi) is 4.41. The number of rotatable bonds is 4. The number of carbonyl (C=O) groups is 2. The molecule has 1 spiro atoms. The van der Waals surface area contributed by atoms with Crippen molar-refractivity contribution in [2.24, 2.45) is 29.6 Å². The van der Waals surface area contributed by atoms with Crippen LogP contribution in [0.2, 0.25) is 0 Å². The van der Waals surface area contributed by atoms with Crippen molar-refractivity contribution in [3.8, 4) is 0 Å². The molecule has 2 bridgehead atoms. The summed E-state index contributed by atoms with van der Waals surface area (Å²) in [4.78, 5) is 34.4. The first-order chi connectivity index (χ1) is 14.6. The number of carbonyl (C=O) groups excluding carboxylic acids is 2. The van der Waals surface area contributed by atoms with Gasteiger partial charge in [0.05, 0.1) is 6.67 Å². The second-order valence-corrected chi connectivity index (χ2v) is 10.5. The van der Waals surface area contributed by atoms with Crippen LogP contribution in [0.3, 0.4) is 0 Å². The van der Waals surface area contributed by atoms with Gasteiger partial charge in [-0.25, -0.2) is 9.69 Å². The summed E-state index contributed by atoms with van der Waals surface area (Å²) in [7, 11) is 0. The van der Waals surface area contributed by atoms with Crippen LogP contribution in [0.4, 0.5) is 4.79 Å². The maximum absolute atomic E-state index is 13.5. The number of pyridine rings is 1. The van der Waals surface area contributed by atoms with E-state index in [0.717, 1.165) is 51.1 Å². The fourth-order valence-corrected chi connectivity index (χ4v) is 7.69. The van der Waals surface area contributed by atoms with Crippen molar-refractivity contribution in [1.82, 2.24) is 20.1 Å². The Morgan fingerprint density at radius 1 is 1.13 bits per heavy atom. The molecule has 2 aliphatic heterocycles. The van der Waals surface area contributed by atoms with Gasteiger partial charge >= 0.3 is 6.03 Å². The van der Waals surface area contributed by atoms with Gasteiger partial charge in [0.1, 0.15) is 5.54 Å². The molecule has 0 aromatic carbocycles. The molecule has 30 heavy (non-hydrogen) atoms. The zero-order valence-corrected chi connectivity index (χ0v) is 17.6. The van der Waals surface area contributed by atoms with Gasteiger partial charge in [-0.2, -0.15) is 0 Å². The fraction of sp³-hybridized carbons (Fsp3) is 0.708. The molecule has 160 valence electrons. The summed E-state index contributed by atoms with van der Waals surface area (Å²) < 4.78 is 0. The van der Waals surface area contributed by atoms with Crippen LogP contribution in [-0.2, 0) is 11.2 Å². The number of likely N-dealkylation sites (tertiary alicyclic amines) is 1. The van der Waals surface area contributed by atoms with E-state index < -0.39 is 5.54 Å². The minimum Gasteiger partial charge on any atom is -0.323 e. The number of amides is 3. The molecule has 3 saturated carbocycles. The van der Waals surface area contributed by atoms with Crippen LogP contribution in [0.1, 0.15) is 50.5 Å². The maximum Gasteiger partial charge on any atom is 0.326 e. The summed E-state index contributed by atoms with van der Waals surface area (Å²) in [5.41, 5.74) is 0.722. The number of aromatic nitrogens is 1. The highest BCUT2D eigenvalue weighted by molar-refractivity contribution is 6.07. The van der Waals surface area contributed by atoms with Gasteiger partial charge in [-0.1, -0.05) is 12.5 Å². The quantitative estimate of drug-likeness (QED) is 0.778. The predicted octanol–water partition coefficient (Wildman–Crippen LogP) is 3.04. The van der Waals surface area contributed by atoms with E-state index in [1.165, 1.54) is 29.7 Å². The van der Waals surface area contributed by atoms with Crippen LogP contribution < -0.4 is 5.32 Å². The van der Waals surface area contributed by atoms with E-state index in [0.29, 0.717) is 30.3 Å². The highest BCUT2D eigenvalue weighted by atomic mass is 16.2. The number of urea groups is 1. The number of fused-ring (bicyclic) bond motifs is 6. The molecule has 1 aromatic heterocycles. The first-order valence-corrected chi connectivity index (χ1v) is 11.9. The standard InChI is InChI=1S/C24H32N4O2/c29-22-24(13-18-12-21(24)20-5-1-4-19(18)20)26-23(30)28(22)15-27-9-6-16(7-10-27)11-17-3-2-8-25-14-17/h2-3,8,14,16,18-21H,1,4-7,9-13,15H2,(H,26,30). The zero-order chi connectivity index (χ0) is 20.3. The molecule has 5 atom stereocenters. The smallest absolute Gasteiger partial charge is 0.323 e. The molecule has 1 N–H and O–H groups in total. The van der Waals surface area contributed by atoms with Crippen LogP contribution in [0.25, 0.3) is 0 Å². The Morgan fingerprint density at radius 3 is 2.77 bits per heavy atom. The summed E-state index contributed by atoms with van der Waals surface area (Å²) in [6.45, 7) is 2.36. The Bertz CT molecular complexity index is 837. The minimum atomic E-state index is -0.577. The summed E-state index contributed by atoms with van der Waals surface area (Å²) in [6.07, 6.45) is 13.0. The van der Waals surface area contributed by atoms with Crippen molar-refractivity contribution in [1.29, 1.82) is 0 Å². The van der Waals surface area contributed by atoms with E-state index in [2.05, 4.69) is 21.3 Å². The first-order valence-electron chi connectivity index (χ1n) is 11.9. The normalized spacial score (nSPS) is 38.6. The van der Waals surface area contributed by atoms with Gasteiger partial charge in [-0.05, 0) is 86.2 Å². The highest BCUT2D eigenvalue weighted by Crippen LogP contribution is 2.63. The SMILES string of the molecule is O=C1NC2(CC3CC2C2CCCC32)C(=O)N1CN1CCC(Cc2cccnc2)CC1. The van der Waals surface area contributed by atoms with Crippen molar-refractivity contribution >= 4 is 11.9 Å². The van der Waals surface area contributed by atoms with Crippen LogP contribution in [0, 0.1) is 29.6 Å². The summed E-state index contributed by atoms with van der Waals surface area (Å²) in [5, 5.41) is 3.21. The second kappa shape index (κ2) is 7.04. The number of nitrogens with one attached hydrogen (secondary N) is 1. The molecule has 3 aliphatic carbocycles. The zero-order valence-electron chi connectivity index (χ0n) is 17.6. The molecule has 3 heterocycles. The number of hydrogen-bond acceptors (Lipinski definition) is 4. The number of piperidine rings is 1. The molecule has 5 aliphatic rings. The van der Waals surface area contributed by atoms with Gasteiger partial charge in [0.2, 0.25) is 0 Å². The molecule has 5 fully saturated rings. The minimum absolute atomic E-state index is 0.0721. The molecular formula is C24H32N4O2. The summed E-state index contributed by atoms with van der Waals surface area (Å²) in [5.74, 6) is 3.23. The number of hydrogen-bond donors (Lipinski definition) is 1. The van der Waals surface area contributed by atoms with E-state index in [1.807, 2.05) is 18.5 Å². The van der Waals surface area contributed by atoms with Gasteiger partial charge in [0, 0.05) is 25.5 Å². The summed E-state index contributed by atoms with van der Waals surface area (Å²) in [6, 6.07) is 4.00. The number of nitrogens with zero attached hydrogens (tertiary/aromatic N) is 3. The summed E-state index contributed by atoms with van der Waals surface area (Å²) >= 11 is 0. The monoisotopic (exact) mass is 408 g/mol. The Labute approximate surface area is 178 Å². The molecule has 1 aromatic rings. The van der Waals surface area contributed by atoms with Crippen molar-refractivity contribution in [3.63, 3.8) is 0 Å². The van der Waals surface area contributed by atoms with E-state index >= 15 is 0 Å². The average Bonchev–Trinajstić information content (AvgIpc) is 3.49. The topological polar surface area (TPSA) is 65.5 Å². The average molecular weight is 409 g/mol. The fourth-order valence-electron chi connectivity index (χ4n) is 7.69. The van der Waals surface area contributed by atoms with Gasteiger partial charge in [-0.15, -0.1) is 0 Å².